The summed E-state index contributed by atoms with van der Waals surface area (Å²) in [5.41, 5.74) is 5.49. The van der Waals surface area contributed by atoms with Crippen molar-refractivity contribution >= 4 is 22.3 Å². The number of aromatic nitrogens is 2. The molecule has 1 N–H and O–H groups in total. The molecule has 34 heavy (non-hydrogen) atoms. The first-order valence-corrected chi connectivity index (χ1v) is 12.2. The molecule has 2 amide bonds. The molecule has 0 aliphatic rings. The van der Waals surface area contributed by atoms with Crippen LogP contribution in [-0.2, 0) is 19.5 Å². The minimum absolute atomic E-state index is 0.113. The summed E-state index contributed by atoms with van der Waals surface area (Å²) in [6.45, 7) is 3.54. The highest BCUT2D eigenvalue weighted by molar-refractivity contribution is 7.15. The van der Waals surface area contributed by atoms with Crippen LogP contribution in [0.1, 0.15) is 22.6 Å². The monoisotopic (exact) mass is 470 g/mol. The quantitative estimate of drug-likeness (QED) is 0.306. The molecule has 2 aromatic carbocycles. The second-order valence-corrected chi connectivity index (χ2v) is 9.10. The number of aryl methyl sites for hydroxylation is 1. The van der Waals surface area contributed by atoms with Gasteiger partial charge < -0.3 is 14.6 Å². The number of rotatable bonds is 8. The number of nitrogens with zero attached hydrogens (tertiary/aromatic N) is 3. The lowest BCUT2D eigenvalue weighted by Crippen LogP contribution is -2.40. The van der Waals surface area contributed by atoms with Crippen molar-refractivity contribution in [2.75, 3.05) is 6.54 Å². The van der Waals surface area contributed by atoms with Crippen LogP contribution in [0.15, 0.2) is 89.0 Å². The van der Waals surface area contributed by atoms with Crippen molar-refractivity contribution in [3.63, 3.8) is 0 Å². The van der Waals surface area contributed by atoms with Gasteiger partial charge in [-0.25, -0.2) is 9.78 Å². The number of furan rings is 1. The number of imidazole rings is 1. The van der Waals surface area contributed by atoms with Crippen LogP contribution in [-0.4, -0.2) is 26.9 Å². The van der Waals surface area contributed by atoms with Gasteiger partial charge in [0.15, 0.2) is 4.96 Å². The van der Waals surface area contributed by atoms with Gasteiger partial charge in [-0.1, -0.05) is 60.2 Å². The van der Waals surface area contributed by atoms with Crippen LogP contribution in [0.3, 0.4) is 0 Å². The van der Waals surface area contributed by atoms with E-state index < -0.39 is 0 Å². The van der Waals surface area contributed by atoms with E-state index in [0.717, 1.165) is 33.2 Å². The Bertz CT molecular complexity index is 1360. The second kappa shape index (κ2) is 9.97. The molecule has 5 aromatic rings. The molecule has 0 aliphatic heterocycles. The first-order chi connectivity index (χ1) is 16.7. The van der Waals surface area contributed by atoms with E-state index in [4.69, 9.17) is 9.40 Å². The summed E-state index contributed by atoms with van der Waals surface area (Å²) < 4.78 is 7.64. The van der Waals surface area contributed by atoms with E-state index >= 15 is 0 Å². The van der Waals surface area contributed by atoms with Crippen LogP contribution in [0, 0.1) is 6.92 Å². The number of amides is 2. The number of nitrogens with one attached hydrogen (secondary N) is 1. The third kappa shape index (κ3) is 5.05. The van der Waals surface area contributed by atoms with Crippen LogP contribution in [0.5, 0.6) is 0 Å². The van der Waals surface area contributed by atoms with Crippen molar-refractivity contribution in [1.82, 2.24) is 19.6 Å². The summed E-state index contributed by atoms with van der Waals surface area (Å²) >= 11 is 1.62. The maximum Gasteiger partial charge on any atom is 0.318 e. The standard InChI is InChI=1S/C27H26N4O2S/c1-20-9-11-22(12-10-20)25-18-31-23(19-34-27(31)29-25)13-14-30(17-24-8-5-15-33-24)26(32)28-16-21-6-3-2-4-7-21/h2-12,15,18-19H,13-14,16-17H2,1H3,(H,28,32). The highest BCUT2D eigenvalue weighted by atomic mass is 32.1. The predicted octanol–water partition coefficient (Wildman–Crippen LogP) is 5.92. The zero-order valence-corrected chi connectivity index (χ0v) is 19.8. The first-order valence-electron chi connectivity index (χ1n) is 11.3. The van der Waals surface area contributed by atoms with Gasteiger partial charge in [0.1, 0.15) is 5.76 Å². The molecule has 5 rings (SSSR count). The zero-order chi connectivity index (χ0) is 23.3. The van der Waals surface area contributed by atoms with Gasteiger partial charge in [0, 0.05) is 42.3 Å². The molecule has 3 aromatic heterocycles. The third-order valence-corrected chi connectivity index (χ3v) is 6.66. The lowest BCUT2D eigenvalue weighted by molar-refractivity contribution is 0.190. The molecular weight excluding hydrogens is 444 g/mol. The molecule has 3 heterocycles. The second-order valence-electron chi connectivity index (χ2n) is 8.27. The highest BCUT2D eigenvalue weighted by Crippen LogP contribution is 2.24. The van der Waals surface area contributed by atoms with Gasteiger partial charge in [0.25, 0.3) is 0 Å². The van der Waals surface area contributed by atoms with E-state index in [1.165, 1.54) is 5.56 Å². The summed E-state index contributed by atoms with van der Waals surface area (Å²) in [5, 5.41) is 5.16. The number of fused-ring (bicyclic) bond motifs is 1. The molecule has 6 nitrogen and oxygen atoms in total. The maximum absolute atomic E-state index is 13.0. The van der Waals surface area contributed by atoms with Crippen molar-refractivity contribution in [3.05, 3.63) is 107 Å². The summed E-state index contributed by atoms with van der Waals surface area (Å²) in [6, 6.07) is 21.9. The van der Waals surface area contributed by atoms with Crippen molar-refractivity contribution < 1.29 is 9.21 Å². The molecule has 0 atom stereocenters. The summed E-state index contributed by atoms with van der Waals surface area (Å²) in [5.74, 6) is 0.759. The number of thiazole rings is 1. The van der Waals surface area contributed by atoms with Crippen LogP contribution in [0.2, 0.25) is 0 Å². The minimum atomic E-state index is -0.113. The molecule has 0 saturated heterocycles. The van der Waals surface area contributed by atoms with Gasteiger partial charge in [-0.3, -0.25) is 4.40 Å². The number of benzene rings is 2. The Kier molecular flexibility index (Phi) is 6.44. The van der Waals surface area contributed by atoms with Crippen molar-refractivity contribution in [1.29, 1.82) is 0 Å². The fourth-order valence-corrected chi connectivity index (χ4v) is 4.76. The molecule has 0 radical (unpaired) electrons. The van der Waals surface area contributed by atoms with Crippen LogP contribution < -0.4 is 5.32 Å². The van der Waals surface area contributed by atoms with Gasteiger partial charge >= 0.3 is 6.03 Å². The zero-order valence-electron chi connectivity index (χ0n) is 19.0. The van der Waals surface area contributed by atoms with Crippen molar-refractivity contribution in [2.45, 2.75) is 26.4 Å². The number of hydrogen-bond acceptors (Lipinski definition) is 4. The van der Waals surface area contributed by atoms with Crippen LogP contribution in [0.25, 0.3) is 16.2 Å². The number of carbonyl (C=O) groups excluding carboxylic acids is 1. The summed E-state index contributed by atoms with van der Waals surface area (Å²) in [4.78, 5) is 20.6. The molecule has 0 unspecified atom stereocenters. The summed E-state index contributed by atoms with van der Waals surface area (Å²) in [6.07, 6.45) is 4.43. The maximum atomic E-state index is 13.0. The molecule has 0 bridgehead atoms. The Morgan fingerprint density at radius 2 is 1.91 bits per heavy atom. The van der Waals surface area contributed by atoms with Gasteiger partial charge in [-0.05, 0) is 24.6 Å². The third-order valence-electron chi connectivity index (χ3n) is 5.77. The number of hydrogen-bond donors (Lipinski definition) is 1. The fourth-order valence-electron chi connectivity index (χ4n) is 3.85. The van der Waals surface area contributed by atoms with Gasteiger partial charge in [-0.2, -0.15) is 0 Å². The average Bonchev–Trinajstić information content (AvgIpc) is 3.60. The normalized spacial score (nSPS) is 11.1. The topological polar surface area (TPSA) is 62.8 Å². The lowest BCUT2D eigenvalue weighted by Gasteiger charge is -2.22. The fraction of sp³-hybridized carbons (Fsp3) is 0.185. The van der Waals surface area contributed by atoms with E-state index in [9.17, 15) is 4.79 Å². The van der Waals surface area contributed by atoms with Gasteiger partial charge in [0.2, 0.25) is 0 Å². The van der Waals surface area contributed by atoms with E-state index in [1.807, 2.05) is 42.5 Å². The van der Waals surface area contributed by atoms with Crippen molar-refractivity contribution in [3.8, 4) is 11.3 Å². The summed E-state index contributed by atoms with van der Waals surface area (Å²) in [7, 11) is 0. The Morgan fingerprint density at radius 3 is 2.68 bits per heavy atom. The van der Waals surface area contributed by atoms with Gasteiger partial charge in [0.05, 0.1) is 18.5 Å². The smallest absolute Gasteiger partial charge is 0.318 e. The Morgan fingerprint density at radius 1 is 1.09 bits per heavy atom. The van der Waals surface area contributed by atoms with E-state index in [0.29, 0.717) is 26.1 Å². The lowest BCUT2D eigenvalue weighted by atomic mass is 10.1. The Hall–Kier alpha value is -3.84. The molecule has 172 valence electrons. The molecule has 0 spiro atoms. The predicted molar refractivity (Wildman–Crippen MR) is 135 cm³/mol. The number of carbonyl (C=O) groups is 1. The van der Waals surface area contributed by atoms with E-state index in [-0.39, 0.29) is 6.03 Å². The first kappa shape index (κ1) is 22.0. The van der Waals surface area contributed by atoms with Crippen LogP contribution in [0.4, 0.5) is 4.79 Å². The van der Waals surface area contributed by atoms with E-state index in [2.05, 4.69) is 52.5 Å². The van der Waals surface area contributed by atoms with E-state index in [1.54, 1.807) is 22.5 Å². The Labute approximate surface area is 202 Å². The Balaban J connectivity index is 1.30. The molecule has 0 aliphatic carbocycles. The molecule has 7 heteroatoms. The molecule has 0 fully saturated rings. The largest absolute Gasteiger partial charge is 0.467 e. The van der Waals surface area contributed by atoms with Crippen molar-refractivity contribution in [2.24, 2.45) is 0 Å². The number of urea groups is 1. The van der Waals surface area contributed by atoms with Gasteiger partial charge in [-0.15, -0.1) is 11.3 Å². The van der Waals surface area contributed by atoms with Crippen LogP contribution >= 0.6 is 11.3 Å². The molecular formula is C27H26N4O2S. The highest BCUT2D eigenvalue weighted by Gasteiger charge is 2.17. The SMILES string of the molecule is Cc1ccc(-c2cn3c(CCN(Cc4ccco4)C(=O)NCc4ccccc4)csc3n2)cc1. The molecule has 0 saturated carbocycles. The average molecular weight is 471 g/mol. The minimum Gasteiger partial charge on any atom is -0.467 e.